The van der Waals surface area contributed by atoms with Crippen molar-refractivity contribution < 1.29 is 5.11 Å². The molecule has 64 valence electrons. The monoisotopic (exact) mass is 155 g/mol. The third-order valence-electron chi connectivity index (χ3n) is 1.32. The second-order valence-electron chi connectivity index (χ2n) is 2.43. The van der Waals surface area contributed by atoms with Crippen molar-refractivity contribution in [3.63, 3.8) is 0 Å². The van der Waals surface area contributed by atoms with E-state index in [2.05, 4.69) is 18.8 Å². The van der Waals surface area contributed by atoms with Crippen LogP contribution in [0.1, 0.15) is 20.3 Å². The molecule has 0 aromatic rings. The lowest BCUT2D eigenvalue weighted by Crippen LogP contribution is -2.30. The smallest absolute Gasteiger partial charge is 0.130 e. The van der Waals surface area contributed by atoms with E-state index in [1.165, 1.54) is 0 Å². The van der Waals surface area contributed by atoms with Crippen molar-refractivity contribution in [1.29, 1.82) is 0 Å². The first kappa shape index (κ1) is 10.4. The van der Waals surface area contributed by atoms with E-state index in [0.717, 1.165) is 13.0 Å². The molecule has 0 aliphatic heterocycles. The molecule has 0 saturated carbocycles. The van der Waals surface area contributed by atoms with Gasteiger partial charge in [0.25, 0.3) is 0 Å². The highest BCUT2D eigenvalue weighted by Gasteiger charge is 2.01. The van der Waals surface area contributed by atoms with E-state index in [1.807, 2.05) is 13.0 Å². The SMILES string of the molecule is C=C(/C=C\C)C(O)NCCC. The van der Waals surface area contributed by atoms with E-state index in [0.29, 0.717) is 5.57 Å². The van der Waals surface area contributed by atoms with Crippen LogP contribution in [-0.4, -0.2) is 17.9 Å². The molecule has 0 bridgehead atoms. The van der Waals surface area contributed by atoms with Crippen molar-refractivity contribution in [3.8, 4) is 0 Å². The minimum Gasteiger partial charge on any atom is -0.374 e. The topological polar surface area (TPSA) is 32.3 Å². The lowest BCUT2D eigenvalue weighted by Gasteiger charge is -2.11. The Hall–Kier alpha value is -0.600. The second-order valence-corrected chi connectivity index (χ2v) is 2.43. The molecule has 1 unspecified atom stereocenters. The Morgan fingerprint density at radius 3 is 2.82 bits per heavy atom. The Labute approximate surface area is 68.6 Å². The first-order valence-corrected chi connectivity index (χ1v) is 3.95. The Morgan fingerprint density at radius 1 is 1.73 bits per heavy atom. The summed E-state index contributed by atoms with van der Waals surface area (Å²) in [7, 11) is 0. The number of rotatable bonds is 5. The van der Waals surface area contributed by atoms with Gasteiger partial charge in [-0.15, -0.1) is 0 Å². The number of nitrogens with one attached hydrogen (secondary N) is 1. The van der Waals surface area contributed by atoms with Crippen LogP contribution in [0.25, 0.3) is 0 Å². The van der Waals surface area contributed by atoms with Crippen molar-refractivity contribution in [1.82, 2.24) is 5.32 Å². The maximum atomic E-state index is 9.32. The molecule has 2 heteroatoms. The van der Waals surface area contributed by atoms with Gasteiger partial charge in [-0.1, -0.05) is 25.7 Å². The van der Waals surface area contributed by atoms with E-state index >= 15 is 0 Å². The average molecular weight is 155 g/mol. The van der Waals surface area contributed by atoms with E-state index < -0.39 is 6.23 Å². The fourth-order valence-corrected chi connectivity index (χ4v) is 0.717. The van der Waals surface area contributed by atoms with E-state index in [9.17, 15) is 5.11 Å². The molecule has 0 amide bonds. The van der Waals surface area contributed by atoms with Crippen LogP contribution >= 0.6 is 0 Å². The second kappa shape index (κ2) is 6.13. The summed E-state index contributed by atoms with van der Waals surface area (Å²) in [6, 6.07) is 0. The number of allylic oxidation sites excluding steroid dienone is 1. The minimum atomic E-state index is -0.592. The maximum absolute atomic E-state index is 9.32. The van der Waals surface area contributed by atoms with Gasteiger partial charge in [0.05, 0.1) is 0 Å². The summed E-state index contributed by atoms with van der Waals surface area (Å²) in [5.74, 6) is 0. The van der Waals surface area contributed by atoms with Crippen LogP contribution in [0, 0.1) is 0 Å². The number of aliphatic hydroxyl groups excluding tert-OH is 1. The van der Waals surface area contributed by atoms with Crippen LogP contribution in [0.15, 0.2) is 24.3 Å². The molecule has 0 saturated heterocycles. The predicted molar refractivity (Wildman–Crippen MR) is 48.3 cm³/mol. The van der Waals surface area contributed by atoms with Gasteiger partial charge in [0.2, 0.25) is 0 Å². The van der Waals surface area contributed by atoms with Crippen LogP contribution in [0.5, 0.6) is 0 Å². The normalized spacial score (nSPS) is 13.7. The van der Waals surface area contributed by atoms with Gasteiger partial charge in [-0.05, 0) is 25.5 Å². The summed E-state index contributed by atoms with van der Waals surface area (Å²) in [6.45, 7) is 8.47. The molecular formula is C9H17NO. The third kappa shape index (κ3) is 4.76. The summed E-state index contributed by atoms with van der Waals surface area (Å²) in [5, 5.41) is 12.2. The fraction of sp³-hybridized carbons (Fsp3) is 0.556. The lowest BCUT2D eigenvalue weighted by atomic mass is 10.2. The van der Waals surface area contributed by atoms with Gasteiger partial charge in [0.1, 0.15) is 6.23 Å². The zero-order chi connectivity index (χ0) is 8.69. The molecule has 0 rings (SSSR count). The van der Waals surface area contributed by atoms with Crippen LogP contribution in [0.3, 0.4) is 0 Å². The standard InChI is InChI=1S/C9H17NO/c1-4-6-8(3)9(11)10-7-5-2/h4,6,9-11H,3,5,7H2,1-2H3/b6-4-. The lowest BCUT2D eigenvalue weighted by molar-refractivity contribution is 0.177. The van der Waals surface area contributed by atoms with Crippen LogP contribution in [-0.2, 0) is 0 Å². The Balaban J connectivity index is 3.64. The third-order valence-corrected chi connectivity index (χ3v) is 1.32. The predicted octanol–water partition coefficient (Wildman–Crippen LogP) is 1.44. The minimum absolute atomic E-state index is 0.592. The zero-order valence-electron chi connectivity index (χ0n) is 7.30. The van der Waals surface area contributed by atoms with E-state index in [4.69, 9.17) is 0 Å². The molecule has 0 fully saturated rings. The maximum Gasteiger partial charge on any atom is 0.130 e. The molecule has 0 radical (unpaired) electrons. The van der Waals surface area contributed by atoms with E-state index in [-0.39, 0.29) is 0 Å². The number of hydrogen-bond acceptors (Lipinski definition) is 2. The van der Waals surface area contributed by atoms with Crippen LogP contribution < -0.4 is 5.32 Å². The Bertz CT molecular complexity index is 140. The van der Waals surface area contributed by atoms with Gasteiger partial charge < -0.3 is 5.11 Å². The van der Waals surface area contributed by atoms with Crippen LogP contribution in [0.4, 0.5) is 0 Å². The highest BCUT2D eigenvalue weighted by atomic mass is 16.3. The quantitative estimate of drug-likeness (QED) is 0.465. The molecule has 2 nitrogen and oxygen atoms in total. The Kier molecular flexibility index (Phi) is 5.80. The van der Waals surface area contributed by atoms with Gasteiger partial charge in [-0.25, -0.2) is 0 Å². The van der Waals surface area contributed by atoms with Crippen molar-refractivity contribution in [2.24, 2.45) is 0 Å². The first-order valence-electron chi connectivity index (χ1n) is 3.95. The van der Waals surface area contributed by atoms with Crippen molar-refractivity contribution in [2.75, 3.05) is 6.54 Å². The summed E-state index contributed by atoms with van der Waals surface area (Å²) >= 11 is 0. The highest BCUT2D eigenvalue weighted by Crippen LogP contribution is 1.97. The fourth-order valence-electron chi connectivity index (χ4n) is 0.717. The molecule has 0 spiro atoms. The molecule has 0 aromatic carbocycles. The molecule has 11 heavy (non-hydrogen) atoms. The molecule has 0 aliphatic rings. The van der Waals surface area contributed by atoms with Gasteiger partial charge in [-0.3, -0.25) is 5.32 Å². The van der Waals surface area contributed by atoms with Crippen molar-refractivity contribution in [2.45, 2.75) is 26.5 Å². The number of hydrogen-bond donors (Lipinski definition) is 2. The van der Waals surface area contributed by atoms with Gasteiger partial charge in [0, 0.05) is 0 Å². The zero-order valence-corrected chi connectivity index (χ0v) is 7.30. The summed E-state index contributed by atoms with van der Waals surface area (Å²) < 4.78 is 0. The molecule has 0 aromatic heterocycles. The summed E-state index contributed by atoms with van der Waals surface area (Å²) in [6.07, 6.45) is 4.08. The summed E-state index contributed by atoms with van der Waals surface area (Å²) in [4.78, 5) is 0. The van der Waals surface area contributed by atoms with Crippen LogP contribution in [0.2, 0.25) is 0 Å². The van der Waals surface area contributed by atoms with Crippen molar-refractivity contribution >= 4 is 0 Å². The molecule has 0 heterocycles. The first-order chi connectivity index (χ1) is 5.22. The molecular weight excluding hydrogens is 138 g/mol. The van der Waals surface area contributed by atoms with Gasteiger partial charge >= 0.3 is 0 Å². The van der Waals surface area contributed by atoms with E-state index in [1.54, 1.807) is 6.08 Å². The summed E-state index contributed by atoms with van der Waals surface area (Å²) in [5.41, 5.74) is 0.709. The Morgan fingerprint density at radius 2 is 2.36 bits per heavy atom. The molecule has 2 N–H and O–H groups in total. The van der Waals surface area contributed by atoms with Gasteiger partial charge in [0.15, 0.2) is 0 Å². The largest absolute Gasteiger partial charge is 0.374 e. The average Bonchev–Trinajstić information content (AvgIpc) is 2.00. The molecule has 0 aliphatic carbocycles. The highest BCUT2D eigenvalue weighted by molar-refractivity contribution is 5.17. The van der Waals surface area contributed by atoms with Crippen molar-refractivity contribution in [3.05, 3.63) is 24.3 Å². The molecule has 1 atom stereocenters. The van der Waals surface area contributed by atoms with Gasteiger partial charge in [-0.2, -0.15) is 0 Å². The number of aliphatic hydroxyl groups is 1.